The van der Waals surface area contributed by atoms with Crippen LogP contribution in [-0.2, 0) is 14.8 Å². The summed E-state index contributed by atoms with van der Waals surface area (Å²) < 4.78 is 31.5. The molecule has 2 rings (SSSR count). The van der Waals surface area contributed by atoms with Crippen molar-refractivity contribution in [2.75, 3.05) is 32.6 Å². The number of methoxy groups -OCH3 is 1. The van der Waals surface area contributed by atoms with Crippen molar-refractivity contribution in [2.24, 2.45) is 0 Å². The Morgan fingerprint density at radius 3 is 2.38 bits per heavy atom. The van der Waals surface area contributed by atoms with Crippen LogP contribution in [0.15, 0.2) is 53.4 Å². The summed E-state index contributed by atoms with van der Waals surface area (Å²) in [4.78, 5) is 13.4. The van der Waals surface area contributed by atoms with Gasteiger partial charge in [-0.3, -0.25) is 0 Å². The van der Waals surface area contributed by atoms with E-state index in [2.05, 4.69) is 21.3 Å². The number of ether oxygens (including phenoxy) is 1. The second-order valence-corrected chi connectivity index (χ2v) is 7.32. The third kappa shape index (κ3) is 4.85. The van der Waals surface area contributed by atoms with Crippen molar-refractivity contribution in [3.05, 3.63) is 59.7 Å². The fourth-order valence-corrected chi connectivity index (χ4v) is 3.13. The van der Waals surface area contributed by atoms with E-state index in [9.17, 15) is 13.2 Å². The number of carbonyl (C=O) groups is 1. The van der Waals surface area contributed by atoms with E-state index in [4.69, 9.17) is 0 Å². The average molecular weight is 372 g/mol. The molecule has 0 unspecified atom stereocenters. The van der Waals surface area contributed by atoms with E-state index in [0.29, 0.717) is 0 Å². The minimum Gasteiger partial charge on any atom is -0.465 e. The van der Waals surface area contributed by atoms with Gasteiger partial charge in [0.1, 0.15) is 0 Å². The fraction of sp³-hybridized carbons (Fsp3) is 0.211. The Kier molecular flexibility index (Phi) is 6.39. The first-order valence-electron chi connectivity index (χ1n) is 7.78. The molecular weight excluding hydrogens is 352 g/mol. The van der Waals surface area contributed by atoms with E-state index < -0.39 is 16.0 Å². The van der Waals surface area contributed by atoms with Crippen LogP contribution in [0.2, 0.25) is 0 Å². The van der Waals surface area contributed by atoms with Crippen LogP contribution in [0.25, 0.3) is 0 Å². The van der Waals surface area contributed by atoms with Crippen LogP contribution < -0.4 is 9.62 Å². The number of hydrogen-bond donors (Lipinski definition) is 1. The molecule has 0 bridgehead atoms. The Hall–Kier alpha value is -2.82. The number of nitrogens with zero attached hydrogens (tertiary/aromatic N) is 1. The molecule has 1 N–H and O–H groups in total. The highest BCUT2D eigenvalue weighted by atomic mass is 32.2. The number of hydrogen-bond acceptors (Lipinski definition) is 5. The quantitative estimate of drug-likeness (QED) is 0.641. The molecule has 0 radical (unpaired) electrons. The van der Waals surface area contributed by atoms with Crippen LogP contribution in [0.1, 0.15) is 15.9 Å². The molecule has 0 atom stereocenters. The molecule has 0 saturated carbocycles. The van der Waals surface area contributed by atoms with E-state index in [-0.39, 0.29) is 17.0 Å². The average Bonchev–Trinajstić information content (AvgIpc) is 2.65. The van der Waals surface area contributed by atoms with Crippen LogP contribution in [0.3, 0.4) is 0 Å². The molecule has 0 aromatic heterocycles. The molecule has 7 heteroatoms. The third-order valence-electron chi connectivity index (χ3n) is 3.55. The predicted molar refractivity (Wildman–Crippen MR) is 101 cm³/mol. The summed E-state index contributed by atoms with van der Waals surface area (Å²) in [5.41, 5.74) is 2.06. The molecule has 0 aliphatic carbocycles. The first kappa shape index (κ1) is 19.5. The van der Waals surface area contributed by atoms with Gasteiger partial charge in [0.2, 0.25) is 10.0 Å². The van der Waals surface area contributed by atoms with E-state index in [1.165, 1.54) is 31.4 Å². The van der Waals surface area contributed by atoms with Crippen molar-refractivity contribution < 1.29 is 17.9 Å². The summed E-state index contributed by atoms with van der Waals surface area (Å²) in [5, 5.41) is 0. The van der Waals surface area contributed by atoms with Crippen molar-refractivity contribution >= 4 is 21.7 Å². The van der Waals surface area contributed by atoms with Gasteiger partial charge >= 0.3 is 5.97 Å². The van der Waals surface area contributed by atoms with E-state index in [0.717, 1.165) is 11.3 Å². The van der Waals surface area contributed by atoms with Gasteiger partial charge in [-0.1, -0.05) is 24.0 Å². The van der Waals surface area contributed by atoms with Crippen LogP contribution in [0.4, 0.5) is 5.69 Å². The maximum absolute atomic E-state index is 12.3. The van der Waals surface area contributed by atoms with Gasteiger partial charge in [-0.2, -0.15) is 4.72 Å². The molecule has 2 aromatic carbocycles. The highest BCUT2D eigenvalue weighted by molar-refractivity contribution is 7.89. The van der Waals surface area contributed by atoms with Crippen molar-refractivity contribution in [3.8, 4) is 11.8 Å². The van der Waals surface area contributed by atoms with Crippen molar-refractivity contribution in [2.45, 2.75) is 4.90 Å². The van der Waals surface area contributed by atoms with Gasteiger partial charge in [0, 0.05) is 19.7 Å². The van der Waals surface area contributed by atoms with E-state index in [1.807, 2.05) is 43.3 Å². The topological polar surface area (TPSA) is 75.7 Å². The number of carbonyl (C=O) groups excluding carboxylic acids is 1. The Bertz CT molecular complexity index is 939. The van der Waals surface area contributed by atoms with Crippen LogP contribution in [0.5, 0.6) is 0 Å². The number of sulfonamides is 1. The summed E-state index contributed by atoms with van der Waals surface area (Å²) in [6.07, 6.45) is 0. The van der Waals surface area contributed by atoms with Gasteiger partial charge in [-0.15, -0.1) is 0 Å². The summed E-state index contributed by atoms with van der Waals surface area (Å²) in [6.45, 7) is -0.0250. The Morgan fingerprint density at radius 1 is 1.12 bits per heavy atom. The molecule has 6 nitrogen and oxygen atoms in total. The second-order valence-electron chi connectivity index (χ2n) is 5.55. The maximum Gasteiger partial charge on any atom is 0.337 e. The summed E-state index contributed by atoms with van der Waals surface area (Å²) >= 11 is 0. The molecule has 0 aliphatic heterocycles. The van der Waals surface area contributed by atoms with E-state index >= 15 is 0 Å². The number of benzene rings is 2. The molecule has 0 heterocycles. The molecule has 0 spiro atoms. The second kappa shape index (κ2) is 8.52. The lowest BCUT2D eigenvalue weighted by Gasteiger charge is -2.13. The maximum atomic E-state index is 12.3. The largest absolute Gasteiger partial charge is 0.465 e. The first-order chi connectivity index (χ1) is 12.3. The number of para-hydroxylation sites is 1. The highest BCUT2D eigenvalue weighted by Gasteiger charge is 2.14. The molecule has 0 aliphatic rings. The molecule has 0 fully saturated rings. The summed E-state index contributed by atoms with van der Waals surface area (Å²) in [7, 11) is 1.40. The normalized spacial score (nSPS) is 10.6. The fourth-order valence-electron chi connectivity index (χ4n) is 2.21. The molecular formula is C19H20N2O4S. The predicted octanol–water partition coefficient (Wildman–Crippen LogP) is 1.87. The lowest BCUT2D eigenvalue weighted by Crippen LogP contribution is -2.24. The zero-order valence-corrected chi connectivity index (χ0v) is 15.6. The van der Waals surface area contributed by atoms with Crippen LogP contribution >= 0.6 is 0 Å². The molecule has 2 aromatic rings. The summed E-state index contributed by atoms with van der Waals surface area (Å²) in [6, 6.07) is 13.1. The number of anilines is 1. The third-order valence-corrected chi connectivity index (χ3v) is 4.96. The Labute approximate surface area is 153 Å². The smallest absolute Gasteiger partial charge is 0.337 e. The molecule has 136 valence electrons. The Balaban J connectivity index is 2.07. The van der Waals surface area contributed by atoms with Crippen molar-refractivity contribution in [1.82, 2.24) is 4.72 Å². The monoisotopic (exact) mass is 372 g/mol. The minimum absolute atomic E-state index is 0.0250. The number of rotatable bonds is 5. The molecule has 0 amide bonds. The Morgan fingerprint density at radius 2 is 1.77 bits per heavy atom. The zero-order chi connectivity index (χ0) is 19.2. The number of nitrogens with one attached hydrogen (secondary N) is 1. The van der Waals surface area contributed by atoms with E-state index in [1.54, 1.807) is 0 Å². The number of esters is 1. The van der Waals surface area contributed by atoms with Crippen molar-refractivity contribution in [3.63, 3.8) is 0 Å². The molecule has 26 heavy (non-hydrogen) atoms. The highest BCUT2D eigenvalue weighted by Crippen LogP contribution is 2.16. The standard InChI is InChI=1S/C19H20N2O4S/c1-21(2)18-9-5-4-7-15(18)8-6-14-20-26(23,24)17-12-10-16(11-13-17)19(22)25-3/h4-5,7,9-13,20H,14H2,1-3H3. The molecule has 0 saturated heterocycles. The van der Waals surface area contributed by atoms with Gasteiger partial charge in [-0.05, 0) is 36.4 Å². The minimum atomic E-state index is -3.71. The zero-order valence-electron chi connectivity index (χ0n) is 14.8. The van der Waals surface area contributed by atoms with Gasteiger partial charge in [0.05, 0.1) is 29.8 Å². The van der Waals surface area contributed by atoms with Gasteiger partial charge < -0.3 is 9.64 Å². The van der Waals surface area contributed by atoms with Crippen LogP contribution in [0, 0.1) is 11.8 Å². The SMILES string of the molecule is COC(=O)c1ccc(S(=O)(=O)NCC#Cc2ccccc2N(C)C)cc1. The van der Waals surface area contributed by atoms with Gasteiger partial charge in [0.15, 0.2) is 0 Å². The first-order valence-corrected chi connectivity index (χ1v) is 9.27. The lowest BCUT2D eigenvalue weighted by molar-refractivity contribution is 0.0600. The van der Waals surface area contributed by atoms with Crippen LogP contribution in [-0.4, -0.2) is 42.1 Å². The van der Waals surface area contributed by atoms with Crippen molar-refractivity contribution in [1.29, 1.82) is 0 Å². The van der Waals surface area contributed by atoms with Gasteiger partial charge in [-0.25, -0.2) is 13.2 Å². The lowest BCUT2D eigenvalue weighted by atomic mass is 10.1. The van der Waals surface area contributed by atoms with Gasteiger partial charge in [0.25, 0.3) is 0 Å². The summed E-state index contributed by atoms with van der Waals surface area (Å²) in [5.74, 6) is 5.27.